The number of Topliss-reactive ketones (excluding diaryl/α,β-unsaturated/α-hetero) is 1. The van der Waals surface area contributed by atoms with Gasteiger partial charge in [0.1, 0.15) is 0 Å². The van der Waals surface area contributed by atoms with E-state index in [2.05, 4.69) is 4.57 Å². The van der Waals surface area contributed by atoms with Gasteiger partial charge in [0.05, 0.1) is 6.42 Å². The minimum atomic E-state index is -0.382. The summed E-state index contributed by atoms with van der Waals surface area (Å²) in [4.78, 5) is 25.4. The second-order valence-corrected chi connectivity index (χ2v) is 8.12. The number of carbonyl (C=O) groups excluding carboxylic acids is 2. The minimum Gasteiger partial charge on any atom is -0.457 e. The summed E-state index contributed by atoms with van der Waals surface area (Å²) in [5.74, 6) is -0.558. The minimum absolute atomic E-state index is 0.176. The number of ether oxygens (including phenoxy) is 1. The van der Waals surface area contributed by atoms with E-state index in [4.69, 9.17) is 16.3 Å². The van der Waals surface area contributed by atoms with Crippen molar-refractivity contribution in [1.82, 2.24) is 4.57 Å². The van der Waals surface area contributed by atoms with Gasteiger partial charge >= 0.3 is 5.97 Å². The molecule has 6 heteroatoms. The van der Waals surface area contributed by atoms with E-state index in [1.54, 1.807) is 0 Å². The fourth-order valence-corrected chi connectivity index (χ4v) is 3.97. The van der Waals surface area contributed by atoms with E-state index in [1.807, 2.05) is 61.7 Å². The second-order valence-electron chi connectivity index (χ2n) is 6.65. The molecule has 0 aliphatic carbocycles. The first-order chi connectivity index (χ1) is 13.4. The first-order valence-corrected chi connectivity index (χ1v) is 10.3. The quantitative estimate of drug-likeness (QED) is 0.383. The molecule has 2 heterocycles. The Morgan fingerprint density at radius 3 is 2.57 bits per heavy atom. The van der Waals surface area contributed by atoms with Gasteiger partial charge in [-0.2, -0.15) is 0 Å². The maximum Gasteiger partial charge on any atom is 0.311 e. The van der Waals surface area contributed by atoms with Crippen LogP contribution in [0.4, 0.5) is 0 Å². The molecule has 0 radical (unpaired) electrons. The molecule has 0 bridgehead atoms. The number of esters is 1. The van der Waals surface area contributed by atoms with Gasteiger partial charge in [-0.05, 0) is 55.5 Å². The molecule has 0 N–H and O–H groups in total. The van der Waals surface area contributed by atoms with E-state index in [0.29, 0.717) is 5.56 Å². The Labute approximate surface area is 173 Å². The van der Waals surface area contributed by atoms with E-state index in [0.717, 1.165) is 34.3 Å². The number of carbonyl (C=O) groups is 2. The van der Waals surface area contributed by atoms with Crippen LogP contribution >= 0.6 is 22.9 Å². The normalized spacial score (nSPS) is 10.8. The zero-order chi connectivity index (χ0) is 20.1. The fourth-order valence-electron chi connectivity index (χ4n) is 3.15. The molecule has 3 rings (SSSR count). The van der Waals surface area contributed by atoms with Gasteiger partial charge < -0.3 is 9.30 Å². The molecular weight excluding hydrogens is 394 g/mol. The molecule has 0 fully saturated rings. The van der Waals surface area contributed by atoms with Crippen LogP contribution in [0.2, 0.25) is 5.02 Å². The summed E-state index contributed by atoms with van der Waals surface area (Å²) in [6, 6.07) is 13.4. The van der Waals surface area contributed by atoms with Crippen LogP contribution in [0.3, 0.4) is 0 Å². The number of aromatic nitrogens is 1. The van der Waals surface area contributed by atoms with Crippen molar-refractivity contribution in [2.24, 2.45) is 0 Å². The third kappa shape index (κ3) is 5.12. The standard InChI is InChI=1S/C22H22ClNO3S/c1-15-12-20(21(25)14-27-22(26)13-19-4-3-11-28-19)16(2)24(15)10-9-17-5-7-18(23)8-6-17/h3-8,11-12H,9-10,13-14H2,1-2H3. The second kappa shape index (κ2) is 9.22. The maximum atomic E-state index is 12.5. The Morgan fingerprint density at radius 1 is 1.14 bits per heavy atom. The third-order valence-corrected chi connectivity index (χ3v) is 5.80. The first-order valence-electron chi connectivity index (χ1n) is 9.06. The Hall–Kier alpha value is -2.37. The molecule has 0 aliphatic heterocycles. The Kier molecular flexibility index (Phi) is 6.70. The number of hydrogen-bond donors (Lipinski definition) is 0. The molecule has 1 aromatic carbocycles. The van der Waals surface area contributed by atoms with Crippen LogP contribution in [-0.4, -0.2) is 22.9 Å². The molecule has 3 aromatic rings. The Morgan fingerprint density at radius 2 is 1.89 bits per heavy atom. The SMILES string of the molecule is Cc1cc(C(=O)COC(=O)Cc2cccs2)c(C)n1CCc1ccc(Cl)cc1. The van der Waals surface area contributed by atoms with E-state index in [1.165, 1.54) is 16.9 Å². The average molecular weight is 416 g/mol. The highest BCUT2D eigenvalue weighted by Crippen LogP contribution is 2.18. The largest absolute Gasteiger partial charge is 0.457 e. The molecule has 146 valence electrons. The van der Waals surface area contributed by atoms with Crippen LogP contribution in [0.25, 0.3) is 0 Å². The highest BCUT2D eigenvalue weighted by Gasteiger charge is 2.17. The lowest BCUT2D eigenvalue weighted by atomic mass is 10.1. The van der Waals surface area contributed by atoms with Gasteiger partial charge in [0, 0.05) is 33.4 Å². The predicted octanol–water partition coefficient (Wildman–Crippen LogP) is 5.03. The van der Waals surface area contributed by atoms with Crippen LogP contribution in [0.15, 0.2) is 47.8 Å². The molecular formula is C22H22ClNO3S. The zero-order valence-electron chi connectivity index (χ0n) is 15.9. The fraction of sp³-hybridized carbons (Fsp3) is 0.273. The summed E-state index contributed by atoms with van der Waals surface area (Å²) in [5, 5.41) is 2.63. The molecule has 0 atom stereocenters. The summed E-state index contributed by atoms with van der Waals surface area (Å²) in [6.45, 7) is 4.44. The molecule has 0 saturated carbocycles. The van der Waals surface area contributed by atoms with E-state index in [-0.39, 0.29) is 24.8 Å². The lowest BCUT2D eigenvalue weighted by Crippen LogP contribution is -2.16. The topological polar surface area (TPSA) is 48.3 Å². The van der Waals surface area contributed by atoms with E-state index < -0.39 is 0 Å². The average Bonchev–Trinajstić information content (AvgIpc) is 3.27. The number of ketones is 1. The summed E-state index contributed by atoms with van der Waals surface area (Å²) >= 11 is 7.43. The maximum absolute atomic E-state index is 12.5. The van der Waals surface area contributed by atoms with Crippen molar-refractivity contribution >= 4 is 34.7 Å². The van der Waals surface area contributed by atoms with Gasteiger partial charge in [0.25, 0.3) is 0 Å². The predicted molar refractivity (Wildman–Crippen MR) is 112 cm³/mol. The van der Waals surface area contributed by atoms with Crippen LogP contribution in [0, 0.1) is 13.8 Å². The zero-order valence-corrected chi connectivity index (χ0v) is 17.5. The number of hydrogen-bond acceptors (Lipinski definition) is 4. The van der Waals surface area contributed by atoms with Gasteiger partial charge in [-0.1, -0.05) is 29.8 Å². The van der Waals surface area contributed by atoms with Crippen LogP contribution in [0.1, 0.15) is 32.2 Å². The Bertz CT molecular complexity index is 959. The van der Waals surface area contributed by atoms with Crippen molar-refractivity contribution in [2.75, 3.05) is 6.61 Å². The molecule has 4 nitrogen and oxygen atoms in total. The van der Waals surface area contributed by atoms with Crippen molar-refractivity contribution in [2.45, 2.75) is 33.2 Å². The van der Waals surface area contributed by atoms with Gasteiger partial charge in [-0.15, -0.1) is 11.3 Å². The van der Waals surface area contributed by atoms with Crippen LogP contribution in [-0.2, 0) is 28.9 Å². The molecule has 0 spiro atoms. The summed E-state index contributed by atoms with van der Waals surface area (Å²) in [6.07, 6.45) is 1.04. The molecule has 2 aromatic heterocycles. The molecule has 28 heavy (non-hydrogen) atoms. The van der Waals surface area contributed by atoms with Crippen LogP contribution in [0.5, 0.6) is 0 Å². The van der Waals surface area contributed by atoms with Crippen molar-refractivity contribution in [3.05, 3.63) is 80.3 Å². The van der Waals surface area contributed by atoms with Crippen molar-refractivity contribution in [1.29, 1.82) is 0 Å². The lowest BCUT2D eigenvalue weighted by molar-refractivity contribution is -0.141. The summed E-state index contributed by atoms with van der Waals surface area (Å²) < 4.78 is 7.29. The van der Waals surface area contributed by atoms with Gasteiger partial charge in [-0.3, -0.25) is 9.59 Å². The highest BCUT2D eigenvalue weighted by molar-refractivity contribution is 7.10. The highest BCUT2D eigenvalue weighted by atomic mass is 35.5. The van der Waals surface area contributed by atoms with Crippen molar-refractivity contribution in [3.63, 3.8) is 0 Å². The number of benzene rings is 1. The first kappa shape index (κ1) is 20.4. The van der Waals surface area contributed by atoms with E-state index in [9.17, 15) is 9.59 Å². The number of nitrogens with zero attached hydrogens (tertiary/aromatic N) is 1. The lowest BCUT2D eigenvalue weighted by Gasteiger charge is -2.10. The number of halogens is 1. The smallest absolute Gasteiger partial charge is 0.311 e. The summed E-state index contributed by atoms with van der Waals surface area (Å²) in [7, 11) is 0. The molecule has 0 saturated heterocycles. The van der Waals surface area contributed by atoms with Gasteiger partial charge in [0.2, 0.25) is 5.78 Å². The Balaban J connectivity index is 1.59. The van der Waals surface area contributed by atoms with Crippen LogP contribution < -0.4 is 0 Å². The molecule has 0 aliphatic rings. The monoisotopic (exact) mass is 415 g/mol. The number of rotatable bonds is 8. The number of thiophene rings is 1. The molecule has 0 unspecified atom stereocenters. The van der Waals surface area contributed by atoms with E-state index >= 15 is 0 Å². The van der Waals surface area contributed by atoms with Gasteiger partial charge in [-0.25, -0.2) is 0 Å². The summed E-state index contributed by atoms with van der Waals surface area (Å²) in [5.41, 5.74) is 3.70. The molecule has 0 amide bonds. The van der Waals surface area contributed by atoms with Crippen molar-refractivity contribution in [3.8, 4) is 0 Å². The van der Waals surface area contributed by atoms with Gasteiger partial charge in [0.15, 0.2) is 6.61 Å². The third-order valence-electron chi connectivity index (χ3n) is 4.67. The number of aryl methyl sites for hydroxylation is 2. The van der Waals surface area contributed by atoms with Crippen molar-refractivity contribution < 1.29 is 14.3 Å².